The van der Waals surface area contributed by atoms with Crippen molar-refractivity contribution in [3.05, 3.63) is 5.92 Å². The molecule has 0 aromatic heterocycles. The molecule has 0 aliphatic rings. The van der Waals surface area contributed by atoms with Gasteiger partial charge < -0.3 is 0 Å². The predicted molar refractivity (Wildman–Crippen MR) is 29.9 cm³/mol. The lowest BCUT2D eigenvalue weighted by molar-refractivity contribution is -0.115. The summed E-state index contributed by atoms with van der Waals surface area (Å²) in [5.41, 5.74) is 0. The third kappa shape index (κ3) is 3.38. The lowest BCUT2D eigenvalue weighted by atomic mass is 10.1. The Morgan fingerprint density at radius 2 is 1.78 bits per heavy atom. The first-order valence-electron chi connectivity index (χ1n) is 2.88. The van der Waals surface area contributed by atoms with Gasteiger partial charge in [-0.25, -0.2) is 0 Å². The number of alkyl halides is 3. The highest BCUT2D eigenvalue weighted by Crippen LogP contribution is 2.30. The topological polar surface area (TPSA) is 0 Å². The highest BCUT2D eigenvalue weighted by Gasteiger charge is 2.35. The molecule has 0 nitrogen and oxygen atoms in total. The average Bonchev–Trinajstić information content (AvgIpc) is 1.64. The summed E-state index contributed by atoms with van der Waals surface area (Å²) in [6, 6.07) is 0. The van der Waals surface area contributed by atoms with Crippen LogP contribution in [0.5, 0.6) is 0 Å². The standard InChI is InChI=1S/C6H10F3/c1-3-4-5(2)6(7,8)9/h3-4H2,1-2H3. The molecule has 0 aromatic rings. The smallest absolute Gasteiger partial charge is 0.170 e. The van der Waals surface area contributed by atoms with Crippen LogP contribution in [0.1, 0.15) is 26.7 Å². The van der Waals surface area contributed by atoms with E-state index in [1.165, 1.54) is 0 Å². The van der Waals surface area contributed by atoms with Gasteiger partial charge >= 0.3 is 6.18 Å². The summed E-state index contributed by atoms with van der Waals surface area (Å²) in [7, 11) is 0. The normalized spacial score (nSPS) is 12.7. The Kier molecular flexibility index (Phi) is 3.01. The highest BCUT2D eigenvalue weighted by molar-refractivity contribution is 4.91. The molecule has 1 radical (unpaired) electrons. The van der Waals surface area contributed by atoms with Crippen LogP contribution in [0.15, 0.2) is 0 Å². The summed E-state index contributed by atoms with van der Waals surface area (Å²) in [6.07, 6.45) is -3.36. The van der Waals surface area contributed by atoms with Crippen LogP contribution >= 0.6 is 0 Å². The fourth-order valence-corrected chi connectivity index (χ4v) is 0.517. The SMILES string of the molecule is CCC[C](C)C(F)(F)F. The number of rotatable bonds is 2. The van der Waals surface area contributed by atoms with Gasteiger partial charge in [-0.3, -0.25) is 0 Å². The quantitative estimate of drug-likeness (QED) is 0.551. The molecule has 55 valence electrons. The lowest BCUT2D eigenvalue weighted by Gasteiger charge is -2.12. The third-order valence-corrected chi connectivity index (χ3v) is 1.11. The van der Waals surface area contributed by atoms with Crippen molar-refractivity contribution in [2.24, 2.45) is 0 Å². The molecule has 0 atom stereocenters. The summed E-state index contributed by atoms with van der Waals surface area (Å²) < 4.78 is 34.8. The van der Waals surface area contributed by atoms with Crippen molar-refractivity contribution < 1.29 is 13.2 Å². The Hall–Kier alpha value is -0.210. The molecule has 0 saturated heterocycles. The van der Waals surface area contributed by atoms with Crippen molar-refractivity contribution in [1.82, 2.24) is 0 Å². The first kappa shape index (κ1) is 8.79. The zero-order valence-electron chi connectivity index (χ0n) is 5.55. The zero-order chi connectivity index (χ0) is 7.49. The van der Waals surface area contributed by atoms with Gasteiger partial charge in [0, 0.05) is 0 Å². The van der Waals surface area contributed by atoms with Gasteiger partial charge in [-0.1, -0.05) is 20.3 Å². The predicted octanol–water partition coefficient (Wildman–Crippen LogP) is 2.94. The minimum Gasteiger partial charge on any atom is -0.170 e. The zero-order valence-corrected chi connectivity index (χ0v) is 5.55. The first-order valence-corrected chi connectivity index (χ1v) is 2.88. The van der Waals surface area contributed by atoms with E-state index in [4.69, 9.17) is 0 Å². The van der Waals surface area contributed by atoms with Crippen molar-refractivity contribution in [1.29, 1.82) is 0 Å². The summed E-state index contributed by atoms with van der Waals surface area (Å²) >= 11 is 0. The van der Waals surface area contributed by atoms with Crippen LogP contribution < -0.4 is 0 Å². The molecule has 0 bridgehead atoms. The largest absolute Gasteiger partial charge is 0.395 e. The van der Waals surface area contributed by atoms with Crippen LogP contribution in [-0.2, 0) is 0 Å². The Balaban J connectivity index is 3.59. The van der Waals surface area contributed by atoms with Crippen molar-refractivity contribution in [3.8, 4) is 0 Å². The molecule has 0 amide bonds. The molecule has 0 spiro atoms. The van der Waals surface area contributed by atoms with Gasteiger partial charge in [0.05, 0.1) is 5.92 Å². The van der Waals surface area contributed by atoms with Crippen LogP contribution in [0.4, 0.5) is 13.2 Å². The van der Waals surface area contributed by atoms with E-state index in [1.807, 2.05) is 0 Å². The number of halogens is 3. The Morgan fingerprint density at radius 1 is 1.33 bits per heavy atom. The molecule has 0 N–H and O–H groups in total. The van der Waals surface area contributed by atoms with Gasteiger partial charge in [-0.2, -0.15) is 13.2 Å². The maximum atomic E-state index is 11.6. The lowest BCUT2D eigenvalue weighted by Crippen LogP contribution is -2.16. The van der Waals surface area contributed by atoms with E-state index in [9.17, 15) is 13.2 Å². The maximum Gasteiger partial charge on any atom is 0.395 e. The molecule has 0 aliphatic heterocycles. The number of hydrogen-bond acceptors (Lipinski definition) is 0. The fourth-order valence-electron chi connectivity index (χ4n) is 0.517. The molecular weight excluding hydrogens is 129 g/mol. The van der Waals surface area contributed by atoms with E-state index >= 15 is 0 Å². The van der Waals surface area contributed by atoms with Crippen LogP contribution in [-0.4, -0.2) is 6.18 Å². The molecule has 0 saturated carbocycles. The minimum atomic E-state index is -4.07. The van der Waals surface area contributed by atoms with E-state index in [1.54, 1.807) is 6.92 Å². The van der Waals surface area contributed by atoms with Gasteiger partial charge in [0.2, 0.25) is 0 Å². The van der Waals surface area contributed by atoms with Gasteiger partial charge in [-0.05, 0) is 6.42 Å². The molecule has 0 aromatic carbocycles. The molecule has 0 heterocycles. The van der Waals surface area contributed by atoms with Crippen LogP contribution in [0.2, 0.25) is 0 Å². The molecule has 0 rings (SSSR count). The van der Waals surface area contributed by atoms with Crippen LogP contribution in [0.3, 0.4) is 0 Å². The second kappa shape index (κ2) is 3.08. The van der Waals surface area contributed by atoms with Crippen LogP contribution in [0, 0.1) is 5.92 Å². The second-order valence-corrected chi connectivity index (χ2v) is 2.03. The Morgan fingerprint density at radius 3 is 1.89 bits per heavy atom. The molecule has 0 aliphatic carbocycles. The van der Waals surface area contributed by atoms with Crippen molar-refractivity contribution in [2.75, 3.05) is 0 Å². The minimum absolute atomic E-state index is 0.156. The van der Waals surface area contributed by atoms with Crippen LogP contribution in [0.25, 0.3) is 0 Å². The maximum absolute atomic E-state index is 11.6. The van der Waals surface area contributed by atoms with Crippen molar-refractivity contribution in [2.45, 2.75) is 32.9 Å². The van der Waals surface area contributed by atoms with Gasteiger partial charge in [0.25, 0.3) is 0 Å². The Labute approximate surface area is 53.1 Å². The van der Waals surface area contributed by atoms with E-state index in [2.05, 4.69) is 0 Å². The van der Waals surface area contributed by atoms with E-state index < -0.39 is 6.18 Å². The van der Waals surface area contributed by atoms with Gasteiger partial charge in [0.15, 0.2) is 0 Å². The molecule has 0 fully saturated rings. The van der Waals surface area contributed by atoms with E-state index in [-0.39, 0.29) is 12.3 Å². The summed E-state index contributed by atoms with van der Waals surface area (Å²) in [6.45, 7) is 2.86. The van der Waals surface area contributed by atoms with Gasteiger partial charge in [-0.15, -0.1) is 0 Å². The number of hydrogen-bond donors (Lipinski definition) is 0. The third-order valence-electron chi connectivity index (χ3n) is 1.11. The van der Waals surface area contributed by atoms with Gasteiger partial charge in [0.1, 0.15) is 0 Å². The van der Waals surface area contributed by atoms with Crippen molar-refractivity contribution >= 4 is 0 Å². The highest BCUT2D eigenvalue weighted by atomic mass is 19.4. The molecule has 3 heteroatoms. The average molecular weight is 139 g/mol. The van der Waals surface area contributed by atoms with E-state index in [0.717, 1.165) is 6.92 Å². The fraction of sp³-hybridized carbons (Fsp3) is 0.833. The van der Waals surface area contributed by atoms with Crippen molar-refractivity contribution in [3.63, 3.8) is 0 Å². The first-order chi connectivity index (χ1) is 3.98. The summed E-state index contributed by atoms with van der Waals surface area (Å²) in [4.78, 5) is 0. The Bertz CT molecular complexity index is 74.9. The summed E-state index contributed by atoms with van der Waals surface area (Å²) in [5, 5.41) is 0. The van der Waals surface area contributed by atoms with E-state index in [0.29, 0.717) is 6.42 Å². The monoisotopic (exact) mass is 139 g/mol. The second-order valence-electron chi connectivity index (χ2n) is 2.03. The molecule has 9 heavy (non-hydrogen) atoms. The molecular formula is C6H10F3. The molecule has 0 unspecified atom stereocenters. The summed E-state index contributed by atoms with van der Waals surface area (Å²) in [5.74, 6) is -0.384.